The number of imidazole rings is 1. The zero-order valence-electron chi connectivity index (χ0n) is 14.9. The van der Waals surface area contributed by atoms with E-state index < -0.39 is 0 Å². The number of hydrogen-bond acceptors (Lipinski definition) is 2. The van der Waals surface area contributed by atoms with E-state index in [0.29, 0.717) is 0 Å². The van der Waals surface area contributed by atoms with Crippen molar-refractivity contribution in [2.45, 2.75) is 6.92 Å². The molecule has 0 fully saturated rings. The maximum atomic E-state index is 12.3. The van der Waals surface area contributed by atoms with Gasteiger partial charge in [0.1, 0.15) is 5.82 Å². The summed E-state index contributed by atoms with van der Waals surface area (Å²) < 4.78 is 0. The van der Waals surface area contributed by atoms with E-state index in [1.165, 1.54) is 0 Å². The lowest BCUT2D eigenvalue weighted by molar-refractivity contribution is -0.111. The number of aromatic amines is 1. The number of aryl methyl sites for hydroxylation is 1. The van der Waals surface area contributed by atoms with Crippen molar-refractivity contribution in [3.8, 4) is 11.4 Å². The second kappa shape index (κ2) is 7.30. The number of carbonyl (C=O) groups is 1. The summed E-state index contributed by atoms with van der Waals surface area (Å²) in [4.78, 5) is 20.3. The van der Waals surface area contributed by atoms with Gasteiger partial charge < -0.3 is 10.3 Å². The first-order chi connectivity index (χ1) is 13.2. The Morgan fingerprint density at radius 3 is 2.59 bits per heavy atom. The Kier molecular flexibility index (Phi) is 4.54. The average Bonchev–Trinajstić information content (AvgIpc) is 3.13. The van der Waals surface area contributed by atoms with Crippen LogP contribution < -0.4 is 5.32 Å². The highest BCUT2D eigenvalue weighted by Gasteiger charge is 2.08. The minimum atomic E-state index is -0.163. The zero-order valence-corrected chi connectivity index (χ0v) is 14.9. The van der Waals surface area contributed by atoms with Crippen LogP contribution in [0.1, 0.15) is 11.1 Å². The molecule has 0 saturated carbocycles. The fourth-order valence-corrected chi connectivity index (χ4v) is 2.90. The Morgan fingerprint density at radius 1 is 1.00 bits per heavy atom. The van der Waals surface area contributed by atoms with Crippen molar-refractivity contribution < 1.29 is 4.79 Å². The third-order valence-corrected chi connectivity index (χ3v) is 4.38. The van der Waals surface area contributed by atoms with Crippen LogP contribution in [-0.4, -0.2) is 15.9 Å². The third kappa shape index (κ3) is 3.80. The first-order valence-corrected chi connectivity index (χ1v) is 8.79. The van der Waals surface area contributed by atoms with Gasteiger partial charge in [-0.1, -0.05) is 54.6 Å². The molecule has 4 aromatic rings. The fraction of sp³-hybridized carbons (Fsp3) is 0.0435. The number of hydrogen-bond donors (Lipinski definition) is 2. The molecule has 0 unspecified atom stereocenters. The molecule has 1 amide bonds. The molecular formula is C23H19N3O. The van der Waals surface area contributed by atoms with Crippen molar-refractivity contribution in [2.75, 3.05) is 5.32 Å². The minimum absolute atomic E-state index is 0.163. The Bertz CT molecular complexity index is 1090. The van der Waals surface area contributed by atoms with Crippen LogP contribution in [0.2, 0.25) is 0 Å². The van der Waals surface area contributed by atoms with Crippen LogP contribution in [0, 0.1) is 6.92 Å². The molecule has 0 radical (unpaired) electrons. The van der Waals surface area contributed by atoms with Crippen LogP contribution in [-0.2, 0) is 4.79 Å². The number of aromatic nitrogens is 2. The van der Waals surface area contributed by atoms with E-state index in [1.54, 1.807) is 12.2 Å². The van der Waals surface area contributed by atoms with Gasteiger partial charge in [-0.2, -0.15) is 0 Å². The van der Waals surface area contributed by atoms with Crippen LogP contribution >= 0.6 is 0 Å². The summed E-state index contributed by atoms with van der Waals surface area (Å²) in [7, 11) is 0. The molecule has 0 spiro atoms. The number of rotatable bonds is 4. The molecule has 2 N–H and O–H groups in total. The fourth-order valence-electron chi connectivity index (χ4n) is 2.90. The van der Waals surface area contributed by atoms with Gasteiger partial charge in [0.15, 0.2) is 0 Å². The Labute approximate surface area is 157 Å². The Hall–Kier alpha value is -3.66. The van der Waals surface area contributed by atoms with E-state index in [-0.39, 0.29) is 5.91 Å². The van der Waals surface area contributed by atoms with Gasteiger partial charge in [-0.15, -0.1) is 0 Å². The largest absolute Gasteiger partial charge is 0.338 e. The Balaban J connectivity index is 1.57. The normalized spacial score (nSPS) is 11.1. The van der Waals surface area contributed by atoms with Gasteiger partial charge in [-0.05, 0) is 42.3 Å². The van der Waals surface area contributed by atoms with E-state index in [4.69, 9.17) is 0 Å². The van der Waals surface area contributed by atoms with Gasteiger partial charge in [0.2, 0.25) is 5.91 Å². The maximum absolute atomic E-state index is 12.3. The minimum Gasteiger partial charge on any atom is -0.338 e. The number of carbonyl (C=O) groups excluding carboxylic acids is 1. The van der Waals surface area contributed by atoms with Gasteiger partial charge in [0.05, 0.1) is 11.0 Å². The van der Waals surface area contributed by atoms with E-state index >= 15 is 0 Å². The van der Waals surface area contributed by atoms with Crippen LogP contribution in [0.5, 0.6) is 0 Å². The molecule has 0 aliphatic carbocycles. The number of benzene rings is 3. The summed E-state index contributed by atoms with van der Waals surface area (Å²) in [6.45, 7) is 1.97. The molecular weight excluding hydrogens is 334 g/mol. The van der Waals surface area contributed by atoms with Crippen molar-refractivity contribution in [3.63, 3.8) is 0 Å². The molecule has 0 bridgehead atoms. The predicted molar refractivity (Wildman–Crippen MR) is 110 cm³/mol. The summed E-state index contributed by atoms with van der Waals surface area (Å²) in [6.07, 6.45) is 3.34. The molecule has 27 heavy (non-hydrogen) atoms. The van der Waals surface area contributed by atoms with E-state index in [0.717, 1.165) is 39.2 Å². The highest BCUT2D eigenvalue weighted by molar-refractivity contribution is 6.02. The number of fused-ring (bicyclic) bond motifs is 1. The SMILES string of the molecule is Cc1ccc(-c2nc3ccccc3[nH]2)cc1NC(=O)C=Cc1ccccc1. The van der Waals surface area contributed by atoms with Crippen LogP contribution in [0.15, 0.2) is 78.9 Å². The number of anilines is 1. The highest BCUT2D eigenvalue weighted by atomic mass is 16.1. The molecule has 0 atom stereocenters. The predicted octanol–water partition coefficient (Wildman–Crippen LogP) is 5.19. The molecule has 132 valence electrons. The average molecular weight is 353 g/mol. The summed E-state index contributed by atoms with van der Waals surface area (Å²) in [5, 5.41) is 2.96. The van der Waals surface area contributed by atoms with Crippen LogP contribution in [0.4, 0.5) is 5.69 Å². The third-order valence-electron chi connectivity index (χ3n) is 4.38. The number of amides is 1. The van der Waals surface area contributed by atoms with Crippen molar-refractivity contribution in [2.24, 2.45) is 0 Å². The number of nitrogens with zero attached hydrogens (tertiary/aromatic N) is 1. The molecule has 4 nitrogen and oxygen atoms in total. The summed E-state index contributed by atoms with van der Waals surface area (Å²) >= 11 is 0. The molecule has 1 aromatic heterocycles. The molecule has 4 heteroatoms. The summed E-state index contributed by atoms with van der Waals surface area (Å²) in [5.41, 5.74) is 5.60. The lowest BCUT2D eigenvalue weighted by atomic mass is 10.1. The van der Waals surface area contributed by atoms with Crippen molar-refractivity contribution >= 4 is 28.7 Å². The monoisotopic (exact) mass is 353 g/mol. The standard InChI is InChI=1S/C23H19N3O/c1-16-11-13-18(23-25-19-9-5-6-10-20(19)26-23)15-21(16)24-22(27)14-12-17-7-3-2-4-8-17/h2-15H,1H3,(H,24,27)(H,25,26). The van der Waals surface area contributed by atoms with E-state index in [9.17, 15) is 4.79 Å². The van der Waals surface area contributed by atoms with Crippen LogP contribution in [0.25, 0.3) is 28.5 Å². The lowest BCUT2D eigenvalue weighted by Gasteiger charge is -2.08. The molecule has 3 aromatic carbocycles. The van der Waals surface area contributed by atoms with Crippen molar-refractivity contribution in [1.29, 1.82) is 0 Å². The summed E-state index contributed by atoms with van der Waals surface area (Å²) in [5.74, 6) is 0.621. The van der Waals surface area contributed by atoms with Crippen molar-refractivity contribution in [3.05, 3.63) is 90.0 Å². The second-order valence-corrected chi connectivity index (χ2v) is 6.37. The first-order valence-electron chi connectivity index (χ1n) is 8.79. The highest BCUT2D eigenvalue weighted by Crippen LogP contribution is 2.25. The summed E-state index contributed by atoms with van der Waals surface area (Å²) in [6, 6.07) is 23.6. The maximum Gasteiger partial charge on any atom is 0.248 e. The molecule has 0 aliphatic heterocycles. The first kappa shape index (κ1) is 16.8. The van der Waals surface area contributed by atoms with Gasteiger partial charge in [0, 0.05) is 17.3 Å². The Morgan fingerprint density at radius 2 is 1.78 bits per heavy atom. The van der Waals surface area contributed by atoms with Gasteiger partial charge >= 0.3 is 0 Å². The van der Waals surface area contributed by atoms with Gasteiger partial charge in [0.25, 0.3) is 0 Å². The topological polar surface area (TPSA) is 57.8 Å². The van der Waals surface area contributed by atoms with E-state index in [2.05, 4.69) is 15.3 Å². The lowest BCUT2D eigenvalue weighted by Crippen LogP contribution is -2.09. The molecule has 0 saturated heterocycles. The number of H-pyrrole nitrogens is 1. The van der Waals surface area contributed by atoms with Crippen molar-refractivity contribution in [1.82, 2.24) is 9.97 Å². The smallest absolute Gasteiger partial charge is 0.248 e. The van der Waals surface area contributed by atoms with E-state index in [1.807, 2.05) is 79.7 Å². The number of nitrogens with one attached hydrogen (secondary N) is 2. The quantitative estimate of drug-likeness (QED) is 0.496. The molecule has 4 rings (SSSR count). The van der Waals surface area contributed by atoms with Crippen LogP contribution in [0.3, 0.4) is 0 Å². The zero-order chi connectivity index (χ0) is 18.6. The molecule has 0 aliphatic rings. The van der Waals surface area contributed by atoms with Gasteiger partial charge in [-0.25, -0.2) is 4.98 Å². The second-order valence-electron chi connectivity index (χ2n) is 6.37. The van der Waals surface area contributed by atoms with Gasteiger partial charge in [-0.3, -0.25) is 4.79 Å². The molecule has 1 heterocycles. The number of para-hydroxylation sites is 2.